The molecule has 0 spiro atoms. The van der Waals surface area contributed by atoms with Crippen molar-refractivity contribution in [1.82, 2.24) is 30.5 Å². The molecule has 3 heterocycles. The molecule has 4 bridgehead atoms. The maximum absolute atomic E-state index is 13.3. The van der Waals surface area contributed by atoms with Gasteiger partial charge in [0.1, 0.15) is 24.0 Å². The van der Waals surface area contributed by atoms with Gasteiger partial charge in [-0.05, 0) is 44.4 Å². The molecule has 2 amide bonds. The average molecular weight is 638 g/mol. The van der Waals surface area contributed by atoms with E-state index in [4.69, 9.17) is 18.6 Å². The lowest BCUT2D eigenvalue weighted by atomic mass is 10.0. The summed E-state index contributed by atoms with van der Waals surface area (Å²) in [6.07, 6.45) is 3.92. The van der Waals surface area contributed by atoms with E-state index in [1.807, 2.05) is 30.9 Å². The van der Waals surface area contributed by atoms with Crippen molar-refractivity contribution in [2.75, 3.05) is 51.9 Å². The second-order valence-electron chi connectivity index (χ2n) is 11.4. The fraction of sp³-hybridized carbons (Fsp3) is 0.500. The lowest BCUT2D eigenvalue weighted by molar-refractivity contribution is -0.141. The predicted octanol–water partition coefficient (Wildman–Crippen LogP) is 2.49. The molecule has 3 aromatic rings. The van der Waals surface area contributed by atoms with Crippen molar-refractivity contribution >= 4 is 23.7 Å². The minimum absolute atomic E-state index is 0.0239. The number of ether oxygens (including phenoxy) is 3. The molecule has 1 atom stereocenters. The number of anilines is 1. The van der Waals surface area contributed by atoms with Crippen LogP contribution in [-0.4, -0.2) is 90.7 Å². The van der Waals surface area contributed by atoms with E-state index in [9.17, 15) is 14.4 Å². The van der Waals surface area contributed by atoms with Gasteiger partial charge in [-0.3, -0.25) is 19.3 Å². The highest BCUT2D eigenvalue weighted by molar-refractivity contribution is 5.88. The number of methoxy groups -OCH3 is 1. The predicted molar refractivity (Wildman–Crippen MR) is 169 cm³/mol. The summed E-state index contributed by atoms with van der Waals surface area (Å²) < 4.78 is 22.6. The van der Waals surface area contributed by atoms with Crippen molar-refractivity contribution < 1.29 is 33.0 Å². The minimum atomic E-state index is -0.745. The van der Waals surface area contributed by atoms with Gasteiger partial charge >= 0.3 is 5.97 Å². The molecule has 248 valence electrons. The first-order chi connectivity index (χ1) is 22.1. The molecule has 46 heavy (non-hydrogen) atoms. The number of carbonyl (C=O) groups is 3. The van der Waals surface area contributed by atoms with Crippen molar-refractivity contribution in [1.29, 1.82) is 0 Å². The minimum Gasteiger partial charge on any atom is -0.493 e. The van der Waals surface area contributed by atoms with E-state index >= 15 is 0 Å². The first-order valence-electron chi connectivity index (χ1n) is 15.3. The summed E-state index contributed by atoms with van der Waals surface area (Å²) in [6, 6.07) is 4.70. The maximum Gasteiger partial charge on any atom is 0.325 e. The van der Waals surface area contributed by atoms with Crippen molar-refractivity contribution in [2.45, 2.75) is 53.2 Å². The quantitative estimate of drug-likeness (QED) is 0.348. The third-order valence-corrected chi connectivity index (χ3v) is 7.35. The standard InChI is InChI=1S/C32H43N7O7/c1-7-44-28(41)19-38(5)32-34-14-22(15-35-32)17-39-11-8-12-45-26-13-23(9-10-25(26)43-6)31-36-24(21(4)46-31)16-33-30(42)29(20(2)3)37-27(40)18-39/h9-10,13-15,20,29H,7-8,11-12,16-19H2,1-6H3,(H,33,42)(H,37,40)/t29-/m0/s1. The van der Waals surface area contributed by atoms with Crippen LogP contribution < -0.4 is 25.0 Å². The molecule has 0 aliphatic carbocycles. The van der Waals surface area contributed by atoms with Gasteiger partial charge in [-0.15, -0.1) is 0 Å². The first kappa shape index (κ1) is 34.2. The summed E-state index contributed by atoms with van der Waals surface area (Å²) in [4.78, 5) is 55.3. The number of amides is 2. The summed E-state index contributed by atoms with van der Waals surface area (Å²) in [5, 5.41) is 5.81. The Hall–Kier alpha value is -4.72. The molecule has 4 rings (SSSR count). The molecule has 14 nitrogen and oxygen atoms in total. The third kappa shape index (κ3) is 9.16. The zero-order valence-corrected chi connectivity index (χ0v) is 27.3. The van der Waals surface area contributed by atoms with Crippen molar-refractivity contribution in [3.63, 3.8) is 0 Å². The second-order valence-corrected chi connectivity index (χ2v) is 11.4. The number of aromatic nitrogens is 3. The molecule has 0 saturated heterocycles. The molecule has 0 unspecified atom stereocenters. The van der Waals surface area contributed by atoms with Crippen LogP contribution in [0.5, 0.6) is 11.5 Å². The number of likely N-dealkylation sites (N-methyl/N-ethyl adjacent to an activating group) is 1. The smallest absolute Gasteiger partial charge is 0.325 e. The van der Waals surface area contributed by atoms with Crippen LogP contribution in [0.4, 0.5) is 5.95 Å². The van der Waals surface area contributed by atoms with Crippen LogP contribution in [0.2, 0.25) is 0 Å². The molecule has 2 aromatic heterocycles. The lowest BCUT2D eigenvalue weighted by Gasteiger charge is -2.25. The van der Waals surface area contributed by atoms with Crippen LogP contribution >= 0.6 is 0 Å². The van der Waals surface area contributed by atoms with Gasteiger partial charge < -0.3 is 34.2 Å². The molecular weight excluding hydrogens is 594 g/mol. The number of rotatable bonds is 8. The van der Waals surface area contributed by atoms with Gasteiger partial charge in [0.2, 0.25) is 23.7 Å². The lowest BCUT2D eigenvalue weighted by Crippen LogP contribution is -2.51. The summed E-state index contributed by atoms with van der Waals surface area (Å²) in [6.45, 7) is 9.02. The Morgan fingerprint density at radius 2 is 1.98 bits per heavy atom. The fourth-order valence-corrected chi connectivity index (χ4v) is 4.92. The number of nitrogens with one attached hydrogen (secondary N) is 2. The van der Waals surface area contributed by atoms with Gasteiger partial charge in [0.15, 0.2) is 11.5 Å². The van der Waals surface area contributed by atoms with Crippen LogP contribution in [0, 0.1) is 12.8 Å². The SMILES string of the molecule is CCOC(=O)CN(C)c1ncc(CN2CCCOc3cc(ccc3OC)-c3nc(c(C)o3)CNC(=O)[C@H](C(C)C)NC(=O)C2)cn1. The molecule has 0 radical (unpaired) electrons. The maximum atomic E-state index is 13.3. The zero-order chi connectivity index (χ0) is 33.2. The Morgan fingerprint density at radius 3 is 2.67 bits per heavy atom. The van der Waals surface area contributed by atoms with E-state index < -0.39 is 6.04 Å². The van der Waals surface area contributed by atoms with Crippen LogP contribution in [0.1, 0.15) is 44.2 Å². The number of hydrogen-bond donors (Lipinski definition) is 2. The molecule has 1 aromatic carbocycles. The summed E-state index contributed by atoms with van der Waals surface area (Å²) in [5.74, 6) is 1.32. The fourth-order valence-electron chi connectivity index (χ4n) is 4.92. The largest absolute Gasteiger partial charge is 0.493 e. The first-order valence-corrected chi connectivity index (χ1v) is 15.3. The number of hydrogen-bond acceptors (Lipinski definition) is 12. The van der Waals surface area contributed by atoms with E-state index in [1.54, 1.807) is 51.4 Å². The number of carbonyl (C=O) groups excluding carboxylic acids is 3. The third-order valence-electron chi connectivity index (χ3n) is 7.35. The number of esters is 1. The van der Waals surface area contributed by atoms with Crippen LogP contribution in [0.3, 0.4) is 0 Å². The highest BCUT2D eigenvalue weighted by Crippen LogP contribution is 2.33. The van der Waals surface area contributed by atoms with Crippen LogP contribution in [-0.2, 0) is 32.2 Å². The molecule has 0 saturated carbocycles. The Bertz CT molecular complexity index is 1490. The van der Waals surface area contributed by atoms with E-state index in [0.29, 0.717) is 73.1 Å². The molecule has 1 aliphatic rings. The van der Waals surface area contributed by atoms with Gasteiger partial charge in [0.25, 0.3) is 0 Å². The van der Waals surface area contributed by atoms with E-state index in [0.717, 1.165) is 5.56 Å². The van der Waals surface area contributed by atoms with E-state index in [2.05, 4.69) is 25.6 Å². The van der Waals surface area contributed by atoms with Crippen LogP contribution in [0.25, 0.3) is 11.5 Å². The molecule has 2 N–H and O–H groups in total. The topological polar surface area (TPSA) is 161 Å². The summed E-state index contributed by atoms with van der Waals surface area (Å²) in [5.41, 5.74) is 2.07. The van der Waals surface area contributed by atoms with Crippen molar-refractivity contribution in [2.24, 2.45) is 5.92 Å². The molecule has 1 aliphatic heterocycles. The van der Waals surface area contributed by atoms with E-state index in [1.165, 1.54) is 0 Å². The number of fused-ring (bicyclic) bond motifs is 5. The van der Waals surface area contributed by atoms with E-state index in [-0.39, 0.29) is 43.3 Å². The number of nitrogens with zero attached hydrogens (tertiary/aromatic N) is 5. The summed E-state index contributed by atoms with van der Waals surface area (Å²) in [7, 11) is 3.28. The number of benzene rings is 1. The summed E-state index contributed by atoms with van der Waals surface area (Å²) >= 11 is 0. The Kier molecular flexibility index (Phi) is 11.9. The van der Waals surface area contributed by atoms with Gasteiger partial charge in [-0.2, -0.15) is 0 Å². The molecule has 14 heteroatoms. The molecule has 0 fully saturated rings. The number of oxazole rings is 1. The average Bonchev–Trinajstić information content (AvgIpc) is 3.40. The van der Waals surface area contributed by atoms with Gasteiger partial charge in [0, 0.05) is 43.7 Å². The normalized spacial score (nSPS) is 16.5. The van der Waals surface area contributed by atoms with Gasteiger partial charge in [-0.25, -0.2) is 15.0 Å². The van der Waals surface area contributed by atoms with Crippen molar-refractivity contribution in [3.05, 3.63) is 47.6 Å². The van der Waals surface area contributed by atoms with Crippen LogP contribution in [0.15, 0.2) is 35.0 Å². The molecular formula is C32H43N7O7. The highest BCUT2D eigenvalue weighted by atomic mass is 16.5. The highest BCUT2D eigenvalue weighted by Gasteiger charge is 2.26. The second kappa shape index (κ2) is 16.0. The zero-order valence-electron chi connectivity index (χ0n) is 27.3. The number of aryl methyl sites for hydroxylation is 1. The Labute approximate surface area is 268 Å². The Morgan fingerprint density at radius 1 is 1.22 bits per heavy atom. The van der Waals surface area contributed by atoms with Crippen molar-refractivity contribution in [3.8, 4) is 23.0 Å². The Balaban J connectivity index is 1.54. The van der Waals surface area contributed by atoms with Gasteiger partial charge in [0.05, 0.1) is 33.4 Å². The monoisotopic (exact) mass is 637 g/mol. The van der Waals surface area contributed by atoms with Gasteiger partial charge in [-0.1, -0.05) is 13.8 Å².